The Bertz CT molecular complexity index is 271. The maximum Gasteiger partial charge on any atom is 0.119 e. The number of hydrogen-bond donors (Lipinski definition) is 2. The first-order valence-electron chi connectivity index (χ1n) is 4.75. The molecule has 0 saturated carbocycles. The fourth-order valence-corrected chi connectivity index (χ4v) is 1.34. The topological polar surface area (TPSA) is 21.3 Å². The minimum atomic E-state index is 0.0862. The first-order valence-corrected chi connectivity index (χ1v) is 5.27. The van der Waals surface area contributed by atoms with E-state index in [1.807, 2.05) is 45.2 Å². The van der Waals surface area contributed by atoms with Gasteiger partial charge in [0.2, 0.25) is 0 Å². The minimum Gasteiger partial charge on any atom is -0.491 e. The molecule has 1 aromatic rings. The molecule has 1 aromatic carbocycles. The van der Waals surface area contributed by atoms with Crippen LogP contribution in [0.25, 0.3) is 0 Å². The second kappa shape index (κ2) is 5.27. The van der Waals surface area contributed by atoms with Crippen molar-refractivity contribution in [2.24, 2.45) is 0 Å². The molecule has 0 aromatic heterocycles. The average Bonchev–Trinajstić information content (AvgIpc) is 2.17. The molecule has 3 heteroatoms. The van der Waals surface area contributed by atoms with Gasteiger partial charge < -0.3 is 10.1 Å². The van der Waals surface area contributed by atoms with Crippen LogP contribution >= 0.6 is 12.6 Å². The predicted octanol–water partition coefficient (Wildman–Crippen LogP) is 2.62. The largest absolute Gasteiger partial charge is 0.491 e. The minimum absolute atomic E-state index is 0.0862. The predicted molar refractivity (Wildman–Crippen MR) is 63.0 cm³/mol. The standard InChI is InChI=1S/C11H17NOS/c1-8(2)13-10-6-4-9(5-7-10)11(14)12-3/h4-8,11-12,14H,1-3H3. The molecule has 0 heterocycles. The lowest BCUT2D eigenvalue weighted by Crippen LogP contribution is -2.10. The zero-order chi connectivity index (χ0) is 10.6. The summed E-state index contributed by atoms with van der Waals surface area (Å²) in [6.07, 6.45) is 0.219. The Kier molecular flexibility index (Phi) is 4.29. The third-order valence-corrected chi connectivity index (χ3v) is 2.40. The number of hydrogen-bond acceptors (Lipinski definition) is 3. The van der Waals surface area contributed by atoms with E-state index < -0.39 is 0 Å². The molecule has 0 saturated heterocycles. The molecule has 1 unspecified atom stereocenters. The molecule has 0 fully saturated rings. The van der Waals surface area contributed by atoms with E-state index in [-0.39, 0.29) is 11.5 Å². The van der Waals surface area contributed by atoms with Gasteiger partial charge in [-0.1, -0.05) is 12.1 Å². The molecule has 0 bridgehead atoms. The molecular formula is C11H17NOS. The van der Waals surface area contributed by atoms with Gasteiger partial charge in [0.25, 0.3) is 0 Å². The number of thiol groups is 1. The van der Waals surface area contributed by atoms with Crippen molar-refractivity contribution >= 4 is 12.6 Å². The van der Waals surface area contributed by atoms with Crippen molar-refractivity contribution in [3.63, 3.8) is 0 Å². The highest BCUT2D eigenvalue weighted by atomic mass is 32.1. The van der Waals surface area contributed by atoms with Gasteiger partial charge in [-0.25, -0.2) is 0 Å². The van der Waals surface area contributed by atoms with Crippen LogP contribution in [0.4, 0.5) is 0 Å². The molecule has 0 spiro atoms. The SMILES string of the molecule is CNC(S)c1ccc(OC(C)C)cc1. The van der Waals surface area contributed by atoms with Crippen molar-refractivity contribution in [3.05, 3.63) is 29.8 Å². The lowest BCUT2D eigenvalue weighted by Gasteiger charge is -2.12. The van der Waals surface area contributed by atoms with Crippen LogP contribution in [0.15, 0.2) is 24.3 Å². The molecule has 0 aliphatic heterocycles. The fourth-order valence-electron chi connectivity index (χ4n) is 1.17. The van der Waals surface area contributed by atoms with Gasteiger partial charge >= 0.3 is 0 Å². The molecule has 0 radical (unpaired) electrons. The van der Waals surface area contributed by atoms with Crippen LogP contribution in [0.5, 0.6) is 5.75 Å². The Morgan fingerprint density at radius 1 is 1.21 bits per heavy atom. The Labute approximate surface area is 91.1 Å². The van der Waals surface area contributed by atoms with E-state index in [9.17, 15) is 0 Å². The normalized spacial score (nSPS) is 12.9. The highest BCUT2D eigenvalue weighted by Gasteiger charge is 2.03. The highest BCUT2D eigenvalue weighted by Crippen LogP contribution is 2.20. The van der Waals surface area contributed by atoms with Crippen LogP contribution in [-0.4, -0.2) is 13.2 Å². The summed E-state index contributed by atoms with van der Waals surface area (Å²) in [4.78, 5) is 0. The second-order valence-electron chi connectivity index (χ2n) is 3.43. The van der Waals surface area contributed by atoms with E-state index in [1.54, 1.807) is 0 Å². The summed E-state index contributed by atoms with van der Waals surface area (Å²) >= 11 is 4.37. The fraction of sp³-hybridized carbons (Fsp3) is 0.455. The van der Waals surface area contributed by atoms with Crippen molar-refractivity contribution in [2.75, 3.05) is 7.05 Å². The van der Waals surface area contributed by atoms with Gasteiger partial charge in [0, 0.05) is 0 Å². The van der Waals surface area contributed by atoms with Crippen LogP contribution in [0, 0.1) is 0 Å². The van der Waals surface area contributed by atoms with Crippen LogP contribution in [0.3, 0.4) is 0 Å². The van der Waals surface area contributed by atoms with Crippen LogP contribution in [0.1, 0.15) is 24.8 Å². The summed E-state index contributed by atoms with van der Waals surface area (Å²) < 4.78 is 5.54. The molecule has 1 rings (SSSR count). The van der Waals surface area contributed by atoms with Gasteiger partial charge in [-0.2, -0.15) is 12.6 Å². The number of benzene rings is 1. The smallest absolute Gasteiger partial charge is 0.119 e. The lowest BCUT2D eigenvalue weighted by atomic mass is 10.2. The molecule has 78 valence electrons. The third-order valence-electron chi connectivity index (χ3n) is 1.84. The van der Waals surface area contributed by atoms with Crippen molar-refractivity contribution in [3.8, 4) is 5.75 Å². The summed E-state index contributed by atoms with van der Waals surface area (Å²) in [5, 5.41) is 3.15. The van der Waals surface area contributed by atoms with Crippen molar-refractivity contribution in [2.45, 2.75) is 25.3 Å². The first-order chi connectivity index (χ1) is 6.63. The van der Waals surface area contributed by atoms with Crippen LogP contribution in [0.2, 0.25) is 0 Å². The van der Waals surface area contributed by atoms with Crippen LogP contribution in [-0.2, 0) is 0 Å². The quantitative estimate of drug-likeness (QED) is 0.590. The van der Waals surface area contributed by atoms with E-state index in [2.05, 4.69) is 17.9 Å². The Hall–Kier alpha value is -0.670. The Morgan fingerprint density at radius 3 is 2.21 bits per heavy atom. The Balaban J connectivity index is 2.68. The highest BCUT2D eigenvalue weighted by molar-refractivity contribution is 7.80. The molecule has 0 aliphatic carbocycles. The molecule has 1 N–H and O–H groups in total. The molecule has 14 heavy (non-hydrogen) atoms. The maximum absolute atomic E-state index is 5.54. The number of rotatable bonds is 4. The van der Waals surface area contributed by atoms with Gasteiger partial charge in [0.15, 0.2) is 0 Å². The van der Waals surface area contributed by atoms with Crippen LogP contribution < -0.4 is 10.1 Å². The zero-order valence-electron chi connectivity index (χ0n) is 8.82. The zero-order valence-corrected chi connectivity index (χ0v) is 9.71. The monoisotopic (exact) mass is 211 g/mol. The summed E-state index contributed by atoms with van der Waals surface area (Å²) in [7, 11) is 1.89. The van der Waals surface area contributed by atoms with Gasteiger partial charge in [-0.15, -0.1) is 0 Å². The molecule has 0 amide bonds. The Morgan fingerprint density at radius 2 is 1.79 bits per heavy atom. The summed E-state index contributed by atoms with van der Waals surface area (Å²) in [6.45, 7) is 4.03. The first kappa shape index (κ1) is 11.4. The van der Waals surface area contributed by atoms with Crippen molar-refractivity contribution in [1.82, 2.24) is 5.32 Å². The van der Waals surface area contributed by atoms with E-state index in [0.29, 0.717) is 0 Å². The van der Waals surface area contributed by atoms with E-state index in [1.165, 1.54) is 0 Å². The maximum atomic E-state index is 5.54. The second-order valence-corrected chi connectivity index (χ2v) is 3.94. The van der Waals surface area contributed by atoms with E-state index in [0.717, 1.165) is 11.3 Å². The number of ether oxygens (including phenoxy) is 1. The summed E-state index contributed by atoms with van der Waals surface area (Å²) in [6, 6.07) is 7.98. The molecule has 2 nitrogen and oxygen atoms in total. The number of nitrogens with one attached hydrogen (secondary N) is 1. The van der Waals surface area contributed by atoms with Crippen molar-refractivity contribution < 1.29 is 4.74 Å². The van der Waals surface area contributed by atoms with Gasteiger partial charge in [0.1, 0.15) is 5.75 Å². The van der Waals surface area contributed by atoms with Gasteiger partial charge in [-0.3, -0.25) is 0 Å². The lowest BCUT2D eigenvalue weighted by molar-refractivity contribution is 0.242. The summed E-state index contributed by atoms with van der Waals surface area (Å²) in [5.41, 5.74) is 1.15. The molecular weight excluding hydrogens is 194 g/mol. The van der Waals surface area contributed by atoms with Crippen molar-refractivity contribution in [1.29, 1.82) is 0 Å². The molecule has 0 aliphatic rings. The van der Waals surface area contributed by atoms with Gasteiger partial charge in [-0.05, 0) is 38.6 Å². The summed E-state index contributed by atoms with van der Waals surface area (Å²) in [5.74, 6) is 0.903. The van der Waals surface area contributed by atoms with E-state index in [4.69, 9.17) is 4.74 Å². The molecule has 1 atom stereocenters. The average molecular weight is 211 g/mol. The van der Waals surface area contributed by atoms with Gasteiger partial charge in [0.05, 0.1) is 11.5 Å². The van der Waals surface area contributed by atoms with E-state index >= 15 is 0 Å². The third kappa shape index (κ3) is 3.24.